The largest absolute Gasteiger partial charge is 0.495 e. The molecule has 1 aliphatic rings. The first-order valence-corrected chi connectivity index (χ1v) is 8.08. The lowest BCUT2D eigenvalue weighted by Crippen LogP contribution is -2.05. The van der Waals surface area contributed by atoms with Gasteiger partial charge in [-0.1, -0.05) is 13.8 Å². The van der Waals surface area contributed by atoms with Gasteiger partial charge in [0.2, 0.25) is 5.71 Å². The number of carbonyl (C=O) groups is 1. The number of benzene rings is 1. The molecule has 25 heavy (non-hydrogen) atoms. The number of hydrogen-bond acceptors (Lipinski definition) is 6. The first-order valence-electron chi connectivity index (χ1n) is 8.08. The molecule has 1 atom stereocenters. The summed E-state index contributed by atoms with van der Waals surface area (Å²) < 4.78 is 22.4. The van der Waals surface area contributed by atoms with E-state index in [1.165, 1.54) is 0 Å². The molecule has 2 heterocycles. The summed E-state index contributed by atoms with van der Waals surface area (Å²) in [4.78, 5) is 16.3. The highest BCUT2D eigenvalue weighted by atomic mass is 16.5. The van der Waals surface area contributed by atoms with Gasteiger partial charge in [0.1, 0.15) is 17.0 Å². The van der Waals surface area contributed by atoms with Crippen LogP contribution >= 0.6 is 0 Å². The quantitative estimate of drug-likeness (QED) is 0.706. The molecule has 6 heteroatoms. The molecule has 0 bridgehead atoms. The third-order valence-corrected chi connectivity index (χ3v) is 5.00. The molecule has 0 saturated heterocycles. The van der Waals surface area contributed by atoms with Crippen molar-refractivity contribution in [3.8, 4) is 17.2 Å². The Morgan fingerprint density at radius 2 is 1.84 bits per heavy atom. The summed E-state index contributed by atoms with van der Waals surface area (Å²) in [5.74, 6) is 1.87. The van der Waals surface area contributed by atoms with Crippen LogP contribution in [0.3, 0.4) is 0 Å². The molecular formula is C19H19NO5. The van der Waals surface area contributed by atoms with Crippen LogP contribution in [0.2, 0.25) is 0 Å². The number of Topliss-reactive ketones (excluding diaryl/α,β-unsaturated/α-hetero) is 1. The third-order valence-electron chi connectivity index (χ3n) is 5.00. The molecule has 1 saturated carbocycles. The van der Waals surface area contributed by atoms with Crippen LogP contribution < -0.4 is 14.2 Å². The van der Waals surface area contributed by atoms with Crippen LogP contribution in [0.15, 0.2) is 28.9 Å². The van der Waals surface area contributed by atoms with Crippen molar-refractivity contribution in [3.05, 3.63) is 24.5 Å². The Morgan fingerprint density at radius 1 is 1.12 bits per heavy atom. The van der Waals surface area contributed by atoms with E-state index in [4.69, 9.17) is 18.6 Å². The number of hydrogen-bond donors (Lipinski definition) is 0. The summed E-state index contributed by atoms with van der Waals surface area (Å²) in [6.07, 6.45) is 1.57. The number of aromatic nitrogens is 1. The number of methoxy groups -OCH3 is 2. The van der Waals surface area contributed by atoms with Crippen LogP contribution in [-0.2, 0) is 4.79 Å². The molecule has 130 valence electrons. The summed E-state index contributed by atoms with van der Waals surface area (Å²) in [6.45, 7) is 4.19. The van der Waals surface area contributed by atoms with Gasteiger partial charge in [-0.3, -0.25) is 4.79 Å². The van der Waals surface area contributed by atoms with E-state index in [0.29, 0.717) is 35.1 Å². The highest BCUT2D eigenvalue weighted by molar-refractivity contribution is 6.03. The number of ketones is 1. The maximum atomic E-state index is 11.8. The lowest BCUT2D eigenvalue weighted by Gasteiger charge is -2.14. The van der Waals surface area contributed by atoms with Crippen molar-refractivity contribution < 1.29 is 23.4 Å². The minimum absolute atomic E-state index is 0.0806. The number of pyridine rings is 1. The minimum Gasteiger partial charge on any atom is -0.495 e. The monoisotopic (exact) mass is 341 g/mol. The smallest absolute Gasteiger partial charge is 0.230 e. The SMILES string of the molecule is COc1c2ccoc2nc2c(OC)c(OCC3C(=O)C3(C)C)ccc12. The van der Waals surface area contributed by atoms with E-state index < -0.39 is 0 Å². The second-order valence-electron chi connectivity index (χ2n) is 6.73. The predicted molar refractivity (Wildman–Crippen MR) is 92.4 cm³/mol. The maximum absolute atomic E-state index is 11.8. The lowest BCUT2D eigenvalue weighted by molar-refractivity contribution is -0.113. The van der Waals surface area contributed by atoms with Crippen molar-refractivity contribution in [2.75, 3.05) is 20.8 Å². The molecule has 0 amide bonds. The summed E-state index contributed by atoms with van der Waals surface area (Å²) in [5, 5.41) is 1.61. The third kappa shape index (κ3) is 2.24. The van der Waals surface area contributed by atoms with Crippen LogP contribution in [0.5, 0.6) is 17.2 Å². The van der Waals surface area contributed by atoms with E-state index in [0.717, 1.165) is 10.8 Å². The fourth-order valence-electron chi connectivity index (χ4n) is 3.24. The zero-order chi connectivity index (χ0) is 17.8. The second kappa shape index (κ2) is 5.37. The molecule has 6 nitrogen and oxygen atoms in total. The number of rotatable bonds is 5. The zero-order valence-electron chi connectivity index (χ0n) is 14.6. The molecule has 1 fully saturated rings. The van der Waals surface area contributed by atoms with Crippen molar-refractivity contribution >= 4 is 27.8 Å². The summed E-state index contributed by atoms with van der Waals surface area (Å²) in [7, 11) is 3.17. The van der Waals surface area contributed by atoms with E-state index in [1.807, 2.05) is 32.0 Å². The highest BCUT2D eigenvalue weighted by Crippen LogP contribution is 2.48. The average molecular weight is 341 g/mol. The Hall–Kier alpha value is -2.76. The Balaban J connectivity index is 1.78. The van der Waals surface area contributed by atoms with Gasteiger partial charge in [0, 0.05) is 10.8 Å². The number of nitrogens with zero attached hydrogens (tertiary/aromatic N) is 1. The van der Waals surface area contributed by atoms with Gasteiger partial charge < -0.3 is 18.6 Å². The van der Waals surface area contributed by atoms with E-state index >= 15 is 0 Å². The Morgan fingerprint density at radius 3 is 2.48 bits per heavy atom. The van der Waals surface area contributed by atoms with Crippen LogP contribution in [0.4, 0.5) is 0 Å². The fraction of sp³-hybridized carbons (Fsp3) is 0.368. The first kappa shape index (κ1) is 15.7. The lowest BCUT2D eigenvalue weighted by atomic mass is 10.1. The van der Waals surface area contributed by atoms with Gasteiger partial charge >= 0.3 is 0 Å². The Labute approximate surface area is 144 Å². The molecule has 0 N–H and O–H groups in total. The van der Waals surface area contributed by atoms with Crippen LogP contribution in [0.1, 0.15) is 13.8 Å². The molecule has 4 rings (SSSR count). The fourth-order valence-corrected chi connectivity index (χ4v) is 3.24. The predicted octanol–water partition coefficient (Wildman–Crippen LogP) is 3.60. The standard InChI is InChI=1S/C19H19NO5/c1-19(2)12(17(19)21)9-25-13-6-5-10-14(16(13)23-4)20-18-11(7-8-24-18)15(10)22-3/h5-8,12H,9H2,1-4H3. The maximum Gasteiger partial charge on any atom is 0.230 e. The number of furan rings is 1. The van der Waals surface area contributed by atoms with E-state index in [2.05, 4.69) is 4.98 Å². The van der Waals surface area contributed by atoms with Gasteiger partial charge in [0.25, 0.3) is 0 Å². The van der Waals surface area contributed by atoms with Gasteiger partial charge in [-0.05, 0) is 18.2 Å². The second-order valence-corrected chi connectivity index (χ2v) is 6.73. The Bertz CT molecular complexity index is 988. The number of carbonyl (C=O) groups excluding carboxylic acids is 1. The first-order chi connectivity index (χ1) is 12.0. The summed E-state index contributed by atoms with van der Waals surface area (Å²) >= 11 is 0. The van der Waals surface area contributed by atoms with Gasteiger partial charge in [-0.25, -0.2) is 4.98 Å². The van der Waals surface area contributed by atoms with Crippen molar-refractivity contribution in [2.45, 2.75) is 13.8 Å². The molecule has 0 aliphatic heterocycles. The molecule has 0 spiro atoms. The molecule has 0 radical (unpaired) electrons. The van der Waals surface area contributed by atoms with Crippen molar-refractivity contribution in [3.63, 3.8) is 0 Å². The summed E-state index contributed by atoms with van der Waals surface area (Å²) in [6, 6.07) is 5.51. The van der Waals surface area contributed by atoms with Crippen molar-refractivity contribution in [1.82, 2.24) is 4.98 Å². The molecule has 3 aromatic rings. The van der Waals surface area contributed by atoms with Gasteiger partial charge in [0.05, 0.1) is 38.4 Å². The van der Waals surface area contributed by atoms with E-state index in [1.54, 1.807) is 20.5 Å². The summed E-state index contributed by atoms with van der Waals surface area (Å²) in [5.41, 5.74) is 0.769. The molecular weight excluding hydrogens is 322 g/mol. The molecule has 2 aromatic heterocycles. The van der Waals surface area contributed by atoms with Crippen molar-refractivity contribution in [1.29, 1.82) is 0 Å². The normalized spacial score (nSPS) is 18.6. The van der Waals surface area contributed by atoms with Crippen LogP contribution in [0.25, 0.3) is 22.0 Å². The van der Waals surface area contributed by atoms with Crippen LogP contribution in [-0.4, -0.2) is 31.6 Å². The molecule has 1 aliphatic carbocycles. The van der Waals surface area contributed by atoms with E-state index in [9.17, 15) is 4.79 Å². The van der Waals surface area contributed by atoms with E-state index in [-0.39, 0.29) is 17.1 Å². The number of fused-ring (bicyclic) bond motifs is 2. The van der Waals surface area contributed by atoms with Crippen molar-refractivity contribution in [2.24, 2.45) is 11.3 Å². The highest BCUT2D eigenvalue weighted by Gasteiger charge is 2.57. The number of ether oxygens (including phenoxy) is 3. The van der Waals surface area contributed by atoms with Gasteiger partial charge in [-0.2, -0.15) is 0 Å². The van der Waals surface area contributed by atoms with Crippen LogP contribution in [0, 0.1) is 11.3 Å². The van der Waals surface area contributed by atoms with Gasteiger partial charge in [-0.15, -0.1) is 0 Å². The van der Waals surface area contributed by atoms with Gasteiger partial charge in [0.15, 0.2) is 11.5 Å². The Kier molecular flexibility index (Phi) is 3.39. The molecule has 1 aromatic carbocycles. The molecule has 1 unspecified atom stereocenters. The average Bonchev–Trinajstić information content (AvgIpc) is 2.93. The minimum atomic E-state index is -0.300. The topological polar surface area (TPSA) is 70.8 Å². The zero-order valence-corrected chi connectivity index (χ0v) is 14.6.